The lowest BCUT2D eigenvalue weighted by Crippen LogP contribution is -2.35. The molecule has 3 aliphatic carbocycles. The molecular weight excluding hydrogens is 536 g/mol. The molecule has 0 bridgehead atoms. The summed E-state index contributed by atoms with van der Waals surface area (Å²) < 4.78 is 65.3. The monoisotopic (exact) mass is 584 g/mol. The molecule has 42 heavy (non-hydrogen) atoms. The fourth-order valence-electron chi connectivity index (χ4n) is 8.40. The molecular formula is C37H48F4O. The summed E-state index contributed by atoms with van der Waals surface area (Å²) in [6.45, 7) is 4.52. The molecule has 0 aliphatic heterocycles. The van der Waals surface area contributed by atoms with Gasteiger partial charge in [0.05, 0.1) is 6.61 Å². The van der Waals surface area contributed by atoms with Gasteiger partial charge < -0.3 is 4.74 Å². The van der Waals surface area contributed by atoms with E-state index in [2.05, 4.69) is 6.92 Å². The Kier molecular flexibility index (Phi) is 10.7. The van der Waals surface area contributed by atoms with Crippen LogP contribution in [0.5, 0.6) is 5.75 Å². The third-order valence-corrected chi connectivity index (χ3v) is 10.8. The molecule has 2 aromatic carbocycles. The average Bonchev–Trinajstić information content (AvgIpc) is 3.01. The number of benzene rings is 2. The fourth-order valence-corrected chi connectivity index (χ4v) is 8.40. The zero-order valence-electron chi connectivity index (χ0n) is 25.5. The summed E-state index contributed by atoms with van der Waals surface area (Å²) in [7, 11) is 0. The summed E-state index contributed by atoms with van der Waals surface area (Å²) in [5.74, 6) is 0.118. The predicted molar refractivity (Wildman–Crippen MR) is 162 cm³/mol. The van der Waals surface area contributed by atoms with Gasteiger partial charge in [0.2, 0.25) is 5.82 Å². The number of ether oxygens (including phenoxy) is 1. The van der Waals surface area contributed by atoms with Crippen LogP contribution in [0.1, 0.15) is 103 Å². The number of fused-ring (bicyclic) bond motifs is 1. The van der Waals surface area contributed by atoms with E-state index in [9.17, 15) is 8.78 Å². The van der Waals surface area contributed by atoms with Crippen LogP contribution in [0.2, 0.25) is 0 Å². The molecule has 5 rings (SSSR count). The molecule has 4 atom stereocenters. The minimum absolute atomic E-state index is 0.167. The van der Waals surface area contributed by atoms with Crippen molar-refractivity contribution in [2.24, 2.45) is 35.5 Å². The van der Waals surface area contributed by atoms with Crippen LogP contribution in [0.25, 0.3) is 11.1 Å². The Hall–Kier alpha value is -2.30. The highest BCUT2D eigenvalue weighted by Crippen LogP contribution is 2.49. The molecule has 3 saturated carbocycles. The topological polar surface area (TPSA) is 9.23 Å². The van der Waals surface area contributed by atoms with Gasteiger partial charge in [0.1, 0.15) is 0 Å². The maximum Gasteiger partial charge on any atom is 0.201 e. The largest absolute Gasteiger partial charge is 0.490 e. The van der Waals surface area contributed by atoms with E-state index >= 15 is 8.78 Å². The highest BCUT2D eigenvalue weighted by atomic mass is 19.2. The molecule has 0 heterocycles. The molecule has 3 fully saturated rings. The maximum absolute atomic E-state index is 15.1. The third kappa shape index (κ3) is 7.08. The Bertz CT molecular complexity index is 1210. The quantitative estimate of drug-likeness (QED) is 0.199. The number of rotatable bonds is 10. The molecule has 0 radical (unpaired) electrons. The van der Waals surface area contributed by atoms with Crippen LogP contribution >= 0.6 is 0 Å². The molecule has 230 valence electrons. The molecule has 0 aromatic heterocycles. The zero-order valence-corrected chi connectivity index (χ0v) is 25.5. The Morgan fingerprint density at radius 3 is 2.00 bits per heavy atom. The van der Waals surface area contributed by atoms with Crippen molar-refractivity contribution in [3.8, 4) is 16.9 Å². The van der Waals surface area contributed by atoms with Crippen molar-refractivity contribution < 1.29 is 22.3 Å². The van der Waals surface area contributed by atoms with Crippen LogP contribution in [0.4, 0.5) is 17.6 Å². The van der Waals surface area contributed by atoms with Crippen LogP contribution in [0, 0.1) is 58.8 Å². The van der Waals surface area contributed by atoms with E-state index in [1.807, 2.05) is 19.1 Å². The predicted octanol–water partition coefficient (Wildman–Crippen LogP) is 11.2. The molecule has 1 nitrogen and oxygen atoms in total. The van der Waals surface area contributed by atoms with Crippen LogP contribution < -0.4 is 4.74 Å². The molecule has 3 aliphatic rings. The molecule has 0 spiro atoms. The van der Waals surface area contributed by atoms with Crippen LogP contribution in [0.3, 0.4) is 0 Å². The molecule has 0 N–H and O–H groups in total. The van der Waals surface area contributed by atoms with E-state index < -0.39 is 23.3 Å². The molecule has 2 aromatic rings. The van der Waals surface area contributed by atoms with Gasteiger partial charge in [-0.2, -0.15) is 4.39 Å². The fraction of sp³-hybridized carbons (Fsp3) is 0.622. The van der Waals surface area contributed by atoms with E-state index in [-0.39, 0.29) is 22.4 Å². The van der Waals surface area contributed by atoms with Gasteiger partial charge >= 0.3 is 0 Å². The average molecular weight is 585 g/mol. The van der Waals surface area contributed by atoms with Crippen molar-refractivity contribution in [1.82, 2.24) is 0 Å². The van der Waals surface area contributed by atoms with E-state index in [1.165, 1.54) is 88.5 Å². The van der Waals surface area contributed by atoms with Crippen molar-refractivity contribution >= 4 is 0 Å². The SMILES string of the molecule is C/C=C/CCc1ccc(-c2ccc(OCC3CCC(C4CCC5CC(CCC)CCC5C4)CC3)c(F)c2F)c(F)c1F. The number of aryl methyl sites for hydroxylation is 1. The van der Waals surface area contributed by atoms with Crippen LogP contribution in [-0.4, -0.2) is 6.61 Å². The summed E-state index contributed by atoms with van der Waals surface area (Å²) in [4.78, 5) is 0. The third-order valence-electron chi connectivity index (χ3n) is 10.8. The maximum atomic E-state index is 15.1. The smallest absolute Gasteiger partial charge is 0.201 e. The van der Waals surface area contributed by atoms with Gasteiger partial charge in [-0.25, -0.2) is 13.2 Å². The number of allylic oxidation sites excluding steroid dienone is 2. The highest BCUT2D eigenvalue weighted by molar-refractivity contribution is 5.66. The lowest BCUT2D eigenvalue weighted by molar-refractivity contribution is 0.0544. The van der Waals surface area contributed by atoms with Gasteiger partial charge in [-0.1, -0.05) is 50.5 Å². The number of halogens is 4. The van der Waals surface area contributed by atoms with Crippen LogP contribution in [-0.2, 0) is 6.42 Å². The van der Waals surface area contributed by atoms with Gasteiger partial charge in [0.15, 0.2) is 23.2 Å². The first-order valence-corrected chi connectivity index (χ1v) is 16.6. The summed E-state index contributed by atoms with van der Waals surface area (Å²) in [5.41, 5.74) is -0.371. The Morgan fingerprint density at radius 2 is 1.29 bits per heavy atom. The summed E-state index contributed by atoms with van der Waals surface area (Å²) in [6.07, 6.45) is 20.4. The van der Waals surface area contributed by atoms with E-state index in [0.29, 0.717) is 25.4 Å². The first kappa shape index (κ1) is 31.1. The number of hydrogen-bond donors (Lipinski definition) is 0. The minimum Gasteiger partial charge on any atom is -0.490 e. The number of hydrogen-bond acceptors (Lipinski definition) is 1. The second-order valence-corrected chi connectivity index (χ2v) is 13.4. The van der Waals surface area contributed by atoms with Crippen molar-refractivity contribution in [3.63, 3.8) is 0 Å². The van der Waals surface area contributed by atoms with Crippen molar-refractivity contribution in [1.29, 1.82) is 0 Å². The van der Waals surface area contributed by atoms with Gasteiger partial charge in [-0.05, 0) is 131 Å². The van der Waals surface area contributed by atoms with Gasteiger partial charge in [0.25, 0.3) is 0 Å². The van der Waals surface area contributed by atoms with Crippen molar-refractivity contribution in [2.75, 3.05) is 6.61 Å². The second-order valence-electron chi connectivity index (χ2n) is 13.4. The summed E-state index contributed by atoms with van der Waals surface area (Å²) >= 11 is 0. The standard InChI is InChI=1S/C37H48F4O/c1-3-5-6-8-27-17-18-31(35(39)34(27)38)32-19-20-33(37(41)36(32)40)42-23-25-10-12-26(13-11-25)29-16-15-28-21-24(7-4-2)9-14-30(28)22-29/h3,5,17-20,24-26,28-30H,4,6-16,21-23H2,1-2H3/b5-3+. The van der Waals surface area contributed by atoms with Crippen molar-refractivity contribution in [3.05, 3.63) is 65.2 Å². The molecule has 0 saturated heterocycles. The Labute approximate surface area is 250 Å². The normalized spacial score (nSPS) is 28.1. The summed E-state index contributed by atoms with van der Waals surface area (Å²) in [5, 5.41) is 0. The first-order valence-electron chi connectivity index (χ1n) is 16.6. The molecule has 0 amide bonds. The second kappa shape index (κ2) is 14.4. The molecule has 4 unspecified atom stereocenters. The first-order chi connectivity index (χ1) is 20.4. The summed E-state index contributed by atoms with van der Waals surface area (Å²) in [6, 6.07) is 5.39. The van der Waals surface area contributed by atoms with E-state index in [1.54, 1.807) is 0 Å². The van der Waals surface area contributed by atoms with E-state index in [0.717, 1.165) is 42.4 Å². The van der Waals surface area contributed by atoms with Gasteiger partial charge in [-0.3, -0.25) is 0 Å². The Morgan fingerprint density at radius 1 is 0.690 bits per heavy atom. The highest BCUT2D eigenvalue weighted by Gasteiger charge is 2.38. The van der Waals surface area contributed by atoms with Crippen molar-refractivity contribution in [2.45, 2.75) is 104 Å². The Balaban J connectivity index is 1.12. The van der Waals surface area contributed by atoms with Gasteiger partial charge in [0, 0.05) is 11.1 Å². The van der Waals surface area contributed by atoms with Crippen LogP contribution in [0.15, 0.2) is 36.4 Å². The van der Waals surface area contributed by atoms with E-state index in [4.69, 9.17) is 4.74 Å². The minimum atomic E-state index is -1.21. The lowest BCUT2D eigenvalue weighted by atomic mass is 9.60. The van der Waals surface area contributed by atoms with Gasteiger partial charge in [-0.15, -0.1) is 0 Å². The lowest BCUT2D eigenvalue weighted by Gasteiger charge is -2.45. The molecule has 5 heteroatoms. The zero-order chi connectivity index (χ0) is 29.6.